The highest BCUT2D eigenvalue weighted by Gasteiger charge is 2.22. The number of esters is 1. The summed E-state index contributed by atoms with van der Waals surface area (Å²) in [7, 11) is 1.20. The second-order valence-electron chi connectivity index (χ2n) is 5.84. The lowest BCUT2D eigenvalue weighted by Crippen LogP contribution is -2.07. The van der Waals surface area contributed by atoms with E-state index in [1.54, 1.807) is 35.7 Å². The molecular formula is C21H15FN2O3. The van der Waals surface area contributed by atoms with E-state index in [4.69, 9.17) is 0 Å². The summed E-state index contributed by atoms with van der Waals surface area (Å²) >= 11 is 0. The Morgan fingerprint density at radius 2 is 1.89 bits per heavy atom. The molecule has 0 unspecified atom stereocenters. The van der Waals surface area contributed by atoms with Gasteiger partial charge in [0.25, 0.3) is 0 Å². The van der Waals surface area contributed by atoms with E-state index in [1.807, 2.05) is 6.07 Å². The number of hydrogen-bond acceptors (Lipinski definition) is 4. The zero-order valence-corrected chi connectivity index (χ0v) is 14.7. The first kappa shape index (κ1) is 18.1. The van der Waals surface area contributed by atoms with Gasteiger partial charge >= 0.3 is 5.97 Å². The van der Waals surface area contributed by atoms with Crippen LogP contribution < -0.4 is 0 Å². The molecule has 1 aromatic carbocycles. The summed E-state index contributed by atoms with van der Waals surface area (Å²) in [4.78, 5) is 24.8. The lowest BCUT2D eigenvalue weighted by molar-refractivity contribution is -0.135. The van der Waals surface area contributed by atoms with E-state index in [-0.39, 0.29) is 11.4 Å². The Balaban J connectivity index is 2.24. The number of nitriles is 1. The van der Waals surface area contributed by atoms with Crippen molar-refractivity contribution in [3.8, 4) is 6.07 Å². The minimum absolute atomic E-state index is 0.169. The van der Waals surface area contributed by atoms with Gasteiger partial charge in [-0.15, -0.1) is 0 Å². The molecule has 0 N–H and O–H groups in total. The maximum atomic E-state index is 13.2. The number of methoxy groups -OCH3 is 1. The first-order chi connectivity index (χ1) is 13.0. The molecule has 0 aliphatic carbocycles. The summed E-state index contributed by atoms with van der Waals surface area (Å²) in [5.74, 6) is -1.47. The van der Waals surface area contributed by atoms with Gasteiger partial charge < -0.3 is 9.14 Å². The zero-order chi connectivity index (χ0) is 19.6. The van der Waals surface area contributed by atoms with E-state index in [0.717, 1.165) is 0 Å². The van der Waals surface area contributed by atoms with Crippen molar-refractivity contribution in [3.63, 3.8) is 0 Å². The smallest absolute Gasteiger partial charge is 0.348 e. The van der Waals surface area contributed by atoms with Crippen molar-refractivity contribution in [2.24, 2.45) is 0 Å². The SMILES string of the molecule is COC(=O)/C(C#N)=C/c1c(C)c(C(=O)c2ccc(F)cc2)n2ccccc12. The van der Waals surface area contributed by atoms with Gasteiger partial charge in [-0.2, -0.15) is 5.26 Å². The Hall–Kier alpha value is -3.72. The van der Waals surface area contributed by atoms with Crippen LogP contribution in [0, 0.1) is 24.1 Å². The van der Waals surface area contributed by atoms with Crippen LogP contribution in [0.25, 0.3) is 11.6 Å². The van der Waals surface area contributed by atoms with Crippen LogP contribution in [0.5, 0.6) is 0 Å². The third-order valence-corrected chi connectivity index (χ3v) is 4.27. The third-order valence-electron chi connectivity index (χ3n) is 4.27. The van der Waals surface area contributed by atoms with E-state index in [9.17, 15) is 19.2 Å². The van der Waals surface area contributed by atoms with Gasteiger partial charge in [-0.1, -0.05) is 6.07 Å². The molecular weight excluding hydrogens is 347 g/mol. The van der Waals surface area contributed by atoms with Gasteiger partial charge in [0.1, 0.15) is 17.5 Å². The van der Waals surface area contributed by atoms with Gasteiger partial charge in [0.05, 0.1) is 18.3 Å². The van der Waals surface area contributed by atoms with E-state index < -0.39 is 11.8 Å². The molecule has 0 bridgehead atoms. The number of ketones is 1. The molecule has 2 aromatic heterocycles. The van der Waals surface area contributed by atoms with Crippen molar-refractivity contribution in [3.05, 3.63) is 82.4 Å². The molecule has 5 nitrogen and oxygen atoms in total. The van der Waals surface area contributed by atoms with Gasteiger partial charge in [-0.25, -0.2) is 9.18 Å². The second-order valence-corrected chi connectivity index (χ2v) is 5.84. The minimum Gasteiger partial charge on any atom is -0.465 e. The van der Waals surface area contributed by atoms with E-state index in [2.05, 4.69) is 4.74 Å². The fourth-order valence-electron chi connectivity index (χ4n) is 2.95. The molecule has 0 aliphatic rings. The fraction of sp³-hybridized carbons (Fsp3) is 0.0952. The molecule has 0 spiro atoms. The van der Waals surface area contributed by atoms with Gasteiger partial charge in [0.15, 0.2) is 0 Å². The molecule has 0 fully saturated rings. The molecule has 6 heteroatoms. The Morgan fingerprint density at radius 3 is 2.52 bits per heavy atom. The van der Waals surface area contributed by atoms with Crippen molar-refractivity contribution in [2.45, 2.75) is 6.92 Å². The molecule has 3 aromatic rings. The fourth-order valence-corrected chi connectivity index (χ4v) is 2.95. The van der Waals surface area contributed by atoms with Crippen LogP contribution in [-0.2, 0) is 9.53 Å². The number of ether oxygens (including phenoxy) is 1. The molecule has 0 aliphatic heterocycles. The molecule has 0 amide bonds. The molecule has 3 rings (SSSR count). The summed E-state index contributed by atoms with van der Waals surface area (Å²) in [6, 6.07) is 12.5. The number of rotatable bonds is 4. The second kappa shape index (κ2) is 7.26. The van der Waals surface area contributed by atoms with Gasteiger partial charge in [-0.05, 0) is 55.0 Å². The number of carbonyl (C=O) groups is 2. The van der Waals surface area contributed by atoms with Gasteiger partial charge in [-0.3, -0.25) is 4.79 Å². The molecule has 0 radical (unpaired) electrons. The van der Waals surface area contributed by atoms with Crippen LogP contribution in [0.2, 0.25) is 0 Å². The molecule has 0 atom stereocenters. The number of halogens is 1. The first-order valence-corrected chi connectivity index (χ1v) is 8.08. The maximum absolute atomic E-state index is 13.2. The van der Waals surface area contributed by atoms with Gasteiger partial charge in [0.2, 0.25) is 5.78 Å². The lowest BCUT2D eigenvalue weighted by Gasteiger charge is -2.04. The standard InChI is InChI=1S/C21H15FN2O3/c1-13-17(11-15(12-23)21(26)27-2)18-5-3-4-10-24(18)19(13)20(25)14-6-8-16(22)9-7-14/h3-11H,1-2H3/b15-11+. The number of carbonyl (C=O) groups excluding carboxylic acids is 2. The van der Waals surface area contributed by atoms with Crippen molar-refractivity contribution in [2.75, 3.05) is 7.11 Å². The average Bonchev–Trinajstić information content (AvgIpc) is 2.96. The highest BCUT2D eigenvalue weighted by molar-refractivity contribution is 6.11. The molecule has 2 heterocycles. The number of benzene rings is 1. The van der Waals surface area contributed by atoms with Crippen LogP contribution >= 0.6 is 0 Å². The topological polar surface area (TPSA) is 71.6 Å². The van der Waals surface area contributed by atoms with Gasteiger partial charge in [0, 0.05) is 17.3 Å². The number of nitrogens with zero attached hydrogens (tertiary/aromatic N) is 2. The quantitative estimate of drug-likeness (QED) is 0.307. The van der Waals surface area contributed by atoms with Crippen molar-refractivity contribution < 1.29 is 18.7 Å². The predicted octanol–water partition coefficient (Wildman–Crippen LogP) is 3.70. The largest absolute Gasteiger partial charge is 0.465 e. The van der Waals surface area contributed by atoms with Crippen molar-refractivity contribution in [1.29, 1.82) is 5.26 Å². The monoisotopic (exact) mass is 362 g/mol. The Kier molecular flexibility index (Phi) is 4.86. The van der Waals surface area contributed by atoms with E-state index in [1.165, 1.54) is 37.5 Å². The number of pyridine rings is 1. The summed E-state index contributed by atoms with van der Waals surface area (Å²) in [5, 5.41) is 9.24. The molecule has 27 heavy (non-hydrogen) atoms. The number of hydrogen-bond donors (Lipinski definition) is 0. The minimum atomic E-state index is -0.751. The maximum Gasteiger partial charge on any atom is 0.348 e. The highest BCUT2D eigenvalue weighted by atomic mass is 19.1. The first-order valence-electron chi connectivity index (χ1n) is 8.08. The average molecular weight is 362 g/mol. The Bertz CT molecular complexity index is 1120. The normalized spacial score (nSPS) is 11.3. The molecule has 0 saturated heterocycles. The predicted molar refractivity (Wildman–Crippen MR) is 97.6 cm³/mol. The van der Waals surface area contributed by atoms with Crippen LogP contribution in [-0.4, -0.2) is 23.3 Å². The number of fused-ring (bicyclic) bond motifs is 1. The van der Waals surface area contributed by atoms with Crippen LogP contribution in [0.15, 0.2) is 54.2 Å². The van der Waals surface area contributed by atoms with Crippen LogP contribution in [0.3, 0.4) is 0 Å². The zero-order valence-electron chi connectivity index (χ0n) is 14.7. The van der Waals surface area contributed by atoms with Crippen LogP contribution in [0.4, 0.5) is 4.39 Å². The van der Waals surface area contributed by atoms with E-state index >= 15 is 0 Å². The van der Waals surface area contributed by atoms with Crippen molar-refractivity contribution in [1.82, 2.24) is 4.40 Å². The van der Waals surface area contributed by atoms with E-state index in [0.29, 0.717) is 27.9 Å². The Labute approximate surface area is 154 Å². The number of aromatic nitrogens is 1. The van der Waals surface area contributed by atoms with Crippen molar-refractivity contribution >= 4 is 23.3 Å². The van der Waals surface area contributed by atoms with Crippen LogP contribution in [0.1, 0.15) is 27.2 Å². The summed E-state index contributed by atoms with van der Waals surface area (Å²) in [6.07, 6.45) is 3.14. The summed E-state index contributed by atoms with van der Waals surface area (Å²) < 4.78 is 19.5. The lowest BCUT2D eigenvalue weighted by atomic mass is 10.0. The third kappa shape index (κ3) is 3.23. The Morgan fingerprint density at radius 1 is 1.19 bits per heavy atom. The summed E-state index contributed by atoms with van der Waals surface area (Å²) in [5.41, 5.74) is 2.39. The molecule has 0 saturated carbocycles. The highest BCUT2D eigenvalue weighted by Crippen LogP contribution is 2.27. The summed E-state index contributed by atoms with van der Waals surface area (Å²) in [6.45, 7) is 1.74. The molecule has 134 valence electrons.